The van der Waals surface area contributed by atoms with Crippen molar-refractivity contribution in [1.82, 2.24) is 15.2 Å². The number of carbonyl (C=O) groups excluding carboxylic acids is 2. The Hall–Kier alpha value is -3.42. The number of benzene rings is 2. The second-order valence-corrected chi connectivity index (χ2v) is 8.80. The molecule has 2 N–H and O–H groups in total. The average Bonchev–Trinajstić information content (AvgIpc) is 3.49. The van der Waals surface area contributed by atoms with Gasteiger partial charge in [0.05, 0.1) is 23.0 Å². The van der Waals surface area contributed by atoms with Crippen molar-refractivity contribution in [1.29, 1.82) is 0 Å². The van der Waals surface area contributed by atoms with Gasteiger partial charge in [-0.2, -0.15) is 0 Å². The Balaban J connectivity index is 0.00000241. The minimum Gasteiger partial charge on any atom is -0.464 e. The van der Waals surface area contributed by atoms with Gasteiger partial charge in [0.15, 0.2) is 0 Å². The third-order valence-electron chi connectivity index (χ3n) is 6.75. The van der Waals surface area contributed by atoms with Crippen LogP contribution in [0.1, 0.15) is 36.9 Å². The number of aromatic nitrogens is 1. The van der Waals surface area contributed by atoms with Gasteiger partial charge in [-0.05, 0) is 50.6 Å². The van der Waals surface area contributed by atoms with Crippen molar-refractivity contribution in [2.75, 3.05) is 6.54 Å². The number of rotatable bonds is 3. The van der Waals surface area contributed by atoms with Crippen LogP contribution in [0.3, 0.4) is 0 Å². The van der Waals surface area contributed by atoms with E-state index in [4.69, 9.17) is 4.42 Å². The lowest BCUT2D eigenvalue weighted by molar-refractivity contribution is -0.122. The molecule has 0 radical (unpaired) electrons. The molecule has 34 heavy (non-hydrogen) atoms. The molecule has 6 rings (SSSR count). The van der Waals surface area contributed by atoms with Crippen LogP contribution in [-0.4, -0.2) is 29.0 Å². The quantitative estimate of drug-likeness (QED) is 0.413. The van der Waals surface area contributed by atoms with Gasteiger partial charge in [0.1, 0.15) is 11.4 Å². The lowest BCUT2D eigenvalue weighted by Gasteiger charge is -2.29. The number of hydrogen-bond donors (Lipinski definition) is 2. The van der Waals surface area contributed by atoms with Crippen molar-refractivity contribution >= 4 is 57.2 Å². The molecular formula is C26H23ClFN3O3. The molecule has 0 saturated carbocycles. The first-order valence-corrected chi connectivity index (χ1v) is 11.1. The van der Waals surface area contributed by atoms with Crippen LogP contribution in [0.15, 0.2) is 59.3 Å². The standard InChI is InChI=1S/C26H22FN3O3.ClH/c1-14-12-16(8-10-28-14)30-13-18(17-4-2-3-5-20(17)30)21-23(26(32)29-25(21)31)22-19(27)7-6-15-9-11-33-24(15)22;/h2-7,9,11,13-14,16,28H,8,10,12H2,1H3,(H,29,31,32);1H. The normalized spacial score (nSPS) is 20.8. The highest BCUT2D eigenvalue weighted by atomic mass is 35.5. The summed E-state index contributed by atoms with van der Waals surface area (Å²) in [6.07, 6.45) is 5.31. The summed E-state index contributed by atoms with van der Waals surface area (Å²) in [7, 11) is 0. The Morgan fingerprint density at radius 3 is 2.68 bits per heavy atom. The van der Waals surface area contributed by atoms with Crippen molar-refractivity contribution in [2.45, 2.75) is 31.8 Å². The Morgan fingerprint density at radius 2 is 1.85 bits per heavy atom. The monoisotopic (exact) mass is 479 g/mol. The predicted octanol–water partition coefficient (Wildman–Crippen LogP) is 4.83. The van der Waals surface area contributed by atoms with E-state index in [0.717, 1.165) is 30.3 Å². The zero-order valence-corrected chi connectivity index (χ0v) is 19.2. The van der Waals surface area contributed by atoms with Crippen molar-refractivity contribution in [3.05, 3.63) is 71.9 Å². The number of amides is 2. The summed E-state index contributed by atoms with van der Waals surface area (Å²) in [5.74, 6) is -1.75. The minimum atomic E-state index is -0.620. The van der Waals surface area contributed by atoms with E-state index in [9.17, 15) is 9.59 Å². The van der Waals surface area contributed by atoms with Gasteiger partial charge in [0.25, 0.3) is 11.8 Å². The van der Waals surface area contributed by atoms with Crippen LogP contribution in [-0.2, 0) is 9.59 Å². The number of imide groups is 1. The van der Waals surface area contributed by atoms with Crippen LogP contribution in [0.25, 0.3) is 33.0 Å². The SMILES string of the molecule is CC1CC(n2cc(C3=C(c4c(F)ccc5ccoc45)C(=O)NC3=O)c3ccccc32)CCN1.Cl. The van der Waals surface area contributed by atoms with Crippen LogP contribution >= 0.6 is 12.4 Å². The summed E-state index contributed by atoms with van der Waals surface area (Å²) in [5.41, 5.74) is 2.08. The number of carbonyl (C=O) groups is 2. The molecule has 4 heterocycles. The van der Waals surface area contributed by atoms with Gasteiger partial charge < -0.3 is 14.3 Å². The first kappa shape index (κ1) is 22.4. The van der Waals surface area contributed by atoms with Gasteiger partial charge in [0.2, 0.25) is 0 Å². The number of nitrogens with one attached hydrogen (secondary N) is 2. The molecule has 4 aromatic rings. The molecule has 2 aliphatic heterocycles. The number of hydrogen-bond acceptors (Lipinski definition) is 4. The van der Waals surface area contributed by atoms with Crippen molar-refractivity contribution in [3.63, 3.8) is 0 Å². The molecule has 8 heteroatoms. The second kappa shape index (κ2) is 8.42. The molecule has 0 bridgehead atoms. The molecule has 2 atom stereocenters. The fourth-order valence-electron chi connectivity index (χ4n) is 5.26. The van der Waals surface area contributed by atoms with E-state index in [1.54, 1.807) is 12.1 Å². The smallest absolute Gasteiger partial charge is 0.259 e. The summed E-state index contributed by atoms with van der Waals surface area (Å²) in [6.45, 7) is 3.07. The number of nitrogens with zero attached hydrogens (tertiary/aromatic N) is 1. The molecule has 2 unspecified atom stereocenters. The first-order chi connectivity index (χ1) is 16.0. The highest BCUT2D eigenvalue weighted by Gasteiger charge is 2.37. The Labute approximate surface area is 201 Å². The molecule has 174 valence electrons. The van der Waals surface area contributed by atoms with E-state index in [-0.39, 0.29) is 40.7 Å². The maximum atomic E-state index is 15.1. The van der Waals surface area contributed by atoms with Gasteiger partial charge >= 0.3 is 0 Å². The van der Waals surface area contributed by atoms with Crippen LogP contribution < -0.4 is 10.6 Å². The van der Waals surface area contributed by atoms with E-state index in [2.05, 4.69) is 22.1 Å². The molecule has 2 amide bonds. The zero-order valence-electron chi connectivity index (χ0n) is 18.4. The van der Waals surface area contributed by atoms with E-state index >= 15 is 4.39 Å². The summed E-state index contributed by atoms with van der Waals surface area (Å²) in [5, 5.41) is 7.37. The van der Waals surface area contributed by atoms with Crippen LogP contribution in [0.4, 0.5) is 4.39 Å². The average molecular weight is 480 g/mol. The maximum absolute atomic E-state index is 15.1. The maximum Gasteiger partial charge on any atom is 0.259 e. The molecule has 0 spiro atoms. The number of piperidine rings is 1. The van der Waals surface area contributed by atoms with E-state index in [1.165, 1.54) is 12.3 Å². The van der Waals surface area contributed by atoms with Gasteiger partial charge in [-0.25, -0.2) is 4.39 Å². The van der Waals surface area contributed by atoms with Crippen LogP contribution in [0.5, 0.6) is 0 Å². The molecule has 1 saturated heterocycles. The lowest BCUT2D eigenvalue weighted by Crippen LogP contribution is -2.36. The third-order valence-corrected chi connectivity index (χ3v) is 6.75. The topological polar surface area (TPSA) is 76.3 Å². The zero-order chi connectivity index (χ0) is 22.7. The molecule has 6 nitrogen and oxygen atoms in total. The largest absolute Gasteiger partial charge is 0.464 e. The van der Waals surface area contributed by atoms with Crippen LogP contribution in [0, 0.1) is 5.82 Å². The lowest BCUT2D eigenvalue weighted by atomic mass is 9.94. The Morgan fingerprint density at radius 1 is 1.06 bits per heavy atom. The molecule has 0 aliphatic carbocycles. The van der Waals surface area contributed by atoms with E-state index in [1.807, 2.05) is 30.5 Å². The van der Waals surface area contributed by atoms with Gasteiger partial charge in [0, 0.05) is 40.1 Å². The Bertz CT molecular complexity index is 1490. The van der Waals surface area contributed by atoms with Gasteiger partial charge in [-0.1, -0.05) is 18.2 Å². The predicted molar refractivity (Wildman–Crippen MR) is 131 cm³/mol. The minimum absolute atomic E-state index is 0. The van der Waals surface area contributed by atoms with Gasteiger partial charge in [-0.3, -0.25) is 14.9 Å². The van der Waals surface area contributed by atoms with Crippen molar-refractivity contribution in [2.24, 2.45) is 0 Å². The van der Waals surface area contributed by atoms with Crippen LogP contribution in [0.2, 0.25) is 0 Å². The number of furan rings is 1. The van der Waals surface area contributed by atoms with Crippen molar-refractivity contribution in [3.8, 4) is 0 Å². The number of halogens is 2. The van der Waals surface area contributed by atoms with E-state index in [0.29, 0.717) is 17.0 Å². The molecule has 2 aliphatic rings. The van der Waals surface area contributed by atoms with Crippen molar-refractivity contribution < 1.29 is 18.4 Å². The Kier molecular flexibility index (Phi) is 5.54. The second-order valence-electron chi connectivity index (χ2n) is 8.80. The fourth-order valence-corrected chi connectivity index (χ4v) is 5.26. The highest BCUT2D eigenvalue weighted by Crippen LogP contribution is 2.40. The first-order valence-electron chi connectivity index (χ1n) is 11.1. The van der Waals surface area contributed by atoms with Gasteiger partial charge in [-0.15, -0.1) is 12.4 Å². The summed E-state index contributed by atoms with van der Waals surface area (Å²) < 4.78 is 22.8. The summed E-state index contributed by atoms with van der Waals surface area (Å²) >= 11 is 0. The third kappa shape index (κ3) is 3.35. The molecular weight excluding hydrogens is 457 g/mol. The highest BCUT2D eigenvalue weighted by molar-refractivity contribution is 6.50. The molecule has 2 aromatic heterocycles. The molecule has 1 fully saturated rings. The summed E-state index contributed by atoms with van der Waals surface area (Å²) in [4.78, 5) is 26.0. The van der Waals surface area contributed by atoms with E-state index < -0.39 is 17.6 Å². The number of para-hydroxylation sites is 1. The number of fused-ring (bicyclic) bond motifs is 2. The molecule has 2 aromatic carbocycles. The fraction of sp³-hybridized carbons (Fsp3) is 0.231. The summed E-state index contributed by atoms with van der Waals surface area (Å²) in [6, 6.07) is 13.1.